The Morgan fingerprint density at radius 1 is 1.50 bits per heavy atom. The molecule has 2 heteroatoms. The van der Waals surface area contributed by atoms with Crippen molar-refractivity contribution < 1.29 is 5.11 Å². The molecule has 0 saturated heterocycles. The molecule has 1 saturated carbocycles. The van der Waals surface area contributed by atoms with Crippen LogP contribution in [0.3, 0.4) is 0 Å². The fraction of sp³-hybridized carbons (Fsp3) is 0.900. The van der Waals surface area contributed by atoms with Gasteiger partial charge in [0.05, 0.1) is 17.6 Å². The van der Waals surface area contributed by atoms with Gasteiger partial charge in [0.15, 0.2) is 0 Å². The summed E-state index contributed by atoms with van der Waals surface area (Å²) >= 11 is 0. The van der Waals surface area contributed by atoms with E-state index in [4.69, 9.17) is 5.26 Å². The molecule has 0 spiro atoms. The van der Waals surface area contributed by atoms with E-state index >= 15 is 0 Å². The Kier molecular flexibility index (Phi) is 3.11. The second-order valence-corrected chi connectivity index (χ2v) is 3.78. The molecule has 68 valence electrons. The maximum absolute atomic E-state index is 10.1. The van der Waals surface area contributed by atoms with Crippen LogP contribution < -0.4 is 0 Å². The van der Waals surface area contributed by atoms with Crippen LogP contribution >= 0.6 is 0 Å². The van der Waals surface area contributed by atoms with Crippen molar-refractivity contribution in [2.45, 2.75) is 51.0 Å². The van der Waals surface area contributed by atoms with Crippen molar-refractivity contribution in [2.24, 2.45) is 5.92 Å². The lowest BCUT2D eigenvalue weighted by atomic mass is 9.84. The molecule has 0 aromatic heterocycles. The van der Waals surface area contributed by atoms with Gasteiger partial charge in [-0.05, 0) is 19.3 Å². The zero-order valence-electron chi connectivity index (χ0n) is 7.71. The molecule has 1 N–H and O–H groups in total. The standard InChI is InChI=1S/C10H17NO/c1-2-5-9(8-11)10(12)6-3-4-7-10/h9,12H,2-7H2,1H3. The van der Waals surface area contributed by atoms with Crippen LogP contribution in [0.15, 0.2) is 0 Å². The van der Waals surface area contributed by atoms with E-state index in [1.54, 1.807) is 0 Å². The zero-order valence-corrected chi connectivity index (χ0v) is 7.71. The van der Waals surface area contributed by atoms with Crippen molar-refractivity contribution in [3.8, 4) is 6.07 Å². The van der Waals surface area contributed by atoms with Gasteiger partial charge in [-0.15, -0.1) is 0 Å². The van der Waals surface area contributed by atoms with Crippen LogP contribution in [-0.4, -0.2) is 10.7 Å². The summed E-state index contributed by atoms with van der Waals surface area (Å²) in [5.41, 5.74) is -0.648. The SMILES string of the molecule is CCCC(C#N)C1(O)CCCC1. The smallest absolute Gasteiger partial charge is 0.0805 e. The third-order valence-corrected chi connectivity index (χ3v) is 2.85. The first-order valence-corrected chi connectivity index (χ1v) is 4.85. The molecular formula is C10H17NO. The predicted octanol–water partition coefficient (Wildman–Crippen LogP) is 2.23. The highest BCUT2D eigenvalue weighted by molar-refractivity contribution is 5.00. The molecule has 0 aromatic carbocycles. The molecule has 12 heavy (non-hydrogen) atoms. The van der Waals surface area contributed by atoms with E-state index in [0.29, 0.717) is 0 Å². The molecular weight excluding hydrogens is 150 g/mol. The summed E-state index contributed by atoms with van der Waals surface area (Å²) in [6.45, 7) is 2.06. The lowest BCUT2D eigenvalue weighted by Crippen LogP contribution is -2.33. The number of aliphatic hydroxyl groups is 1. The molecule has 0 amide bonds. The summed E-state index contributed by atoms with van der Waals surface area (Å²) in [5, 5.41) is 18.9. The van der Waals surface area contributed by atoms with Gasteiger partial charge in [-0.1, -0.05) is 26.2 Å². The fourth-order valence-electron chi connectivity index (χ4n) is 2.08. The number of nitriles is 1. The first-order valence-electron chi connectivity index (χ1n) is 4.85. The van der Waals surface area contributed by atoms with Crippen molar-refractivity contribution in [3.63, 3.8) is 0 Å². The van der Waals surface area contributed by atoms with Crippen LogP contribution in [0, 0.1) is 17.2 Å². The first-order chi connectivity index (χ1) is 5.73. The van der Waals surface area contributed by atoms with Crippen molar-refractivity contribution in [1.29, 1.82) is 5.26 Å². The number of rotatable bonds is 3. The maximum Gasteiger partial charge on any atom is 0.0805 e. The normalized spacial score (nSPS) is 23.4. The molecule has 1 fully saturated rings. The minimum atomic E-state index is -0.648. The highest BCUT2D eigenvalue weighted by Crippen LogP contribution is 2.37. The monoisotopic (exact) mass is 167 g/mol. The van der Waals surface area contributed by atoms with Gasteiger partial charge in [0.2, 0.25) is 0 Å². The van der Waals surface area contributed by atoms with E-state index in [1.807, 2.05) is 0 Å². The first kappa shape index (κ1) is 9.54. The van der Waals surface area contributed by atoms with Crippen LogP contribution in [0.1, 0.15) is 45.4 Å². The number of hydrogen-bond acceptors (Lipinski definition) is 2. The molecule has 1 atom stereocenters. The minimum absolute atomic E-state index is 0.134. The Morgan fingerprint density at radius 3 is 2.50 bits per heavy atom. The second-order valence-electron chi connectivity index (χ2n) is 3.78. The Hall–Kier alpha value is -0.550. The summed E-state index contributed by atoms with van der Waals surface area (Å²) in [6.07, 6.45) is 5.64. The van der Waals surface area contributed by atoms with E-state index in [0.717, 1.165) is 38.5 Å². The highest BCUT2D eigenvalue weighted by atomic mass is 16.3. The molecule has 0 aromatic rings. The van der Waals surface area contributed by atoms with Crippen LogP contribution in [0.2, 0.25) is 0 Å². The Morgan fingerprint density at radius 2 is 2.08 bits per heavy atom. The molecule has 1 aliphatic carbocycles. The van der Waals surface area contributed by atoms with Gasteiger partial charge in [-0.3, -0.25) is 0 Å². The number of hydrogen-bond donors (Lipinski definition) is 1. The quantitative estimate of drug-likeness (QED) is 0.700. The fourth-order valence-corrected chi connectivity index (χ4v) is 2.08. The summed E-state index contributed by atoms with van der Waals surface area (Å²) in [6, 6.07) is 2.24. The summed E-state index contributed by atoms with van der Waals surface area (Å²) in [5.74, 6) is -0.134. The van der Waals surface area contributed by atoms with E-state index in [9.17, 15) is 5.11 Å². The molecule has 2 nitrogen and oxygen atoms in total. The summed E-state index contributed by atoms with van der Waals surface area (Å²) in [7, 11) is 0. The molecule has 0 bridgehead atoms. The van der Waals surface area contributed by atoms with Gasteiger partial charge in [0.25, 0.3) is 0 Å². The van der Waals surface area contributed by atoms with Gasteiger partial charge in [-0.2, -0.15) is 5.26 Å². The van der Waals surface area contributed by atoms with Gasteiger partial charge >= 0.3 is 0 Å². The molecule has 1 rings (SSSR count). The zero-order chi connectivity index (χ0) is 9.03. The van der Waals surface area contributed by atoms with Crippen LogP contribution in [0.4, 0.5) is 0 Å². The Labute approximate surface area is 74.2 Å². The average Bonchev–Trinajstić information content (AvgIpc) is 2.49. The van der Waals surface area contributed by atoms with Crippen molar-refractivity contribution >= 4 is 0 Å². The van der Waals surface area contributed by atoms with E-state index in [1.165, 1.54) is 0 Å². The lowest BCUT2D eigenvalue weighted by molar-refractivity contribution is 0.00593. The summed E-state index contributed by atoms with van der Waals surface area (Å²) in [4.78, 5) is 0. The third kappa shape index (κ3) is 1.78. The second kappa shape index (κ2) is 3.91. The van der Waals surface area contributed by atoms with E-state index < -0.39 is 5.60 Å². The molecule has 0 radical (unpaired) electrons. The molecule has 1 aliphatic rings. The van der Waals surface area contributed by atoms with Crippen molar-refractivity contribution in [1.82, 2.24) is 0 Å². The van der Waals surface area contributed by atoms with Crippen LogP contribution in [0.25, 0.3) is 0 Å². The molecule has 0 heterocycles. The summed E-state index contributed by atoms with van der Waals surface area (Å²) < 4.78 is 0. The topological polar surface area (TPSA) is 44.0 Å². The van der Waals surface area contributed by atoms with Gasteiger partial charge in [-0.25, -0.2) is 0 Å². The average molecular weight is 167 g/mol. The van der Waals surface area contributed by atoms with E-state index in [-0.39, 0.29) is 5.92 Å². The Bertz CT molecular complexity index is 177. The van der Waals surface area contributed by atoms with Crippen molar-refractivity contribution in [3.05, 3.63) is 0 Å². The highest BCUT2D eigenvalue weighted by Gasteiger charge is 2.38. The maximum atomic E-state index is 10.1. The Balaban J connectivity index is 2.58. The van der Waals surface area contributed by atoms with Crippen LogP contribution in [-0.2, 0) is 0 Å². The van der Waals surface area contributed by atoms with Gasteiger partial charge in [0.1, 0.15) is 0 Å². The minimum Gasteiger partial charge on any atom is -0.389 e. The predicted molar refractivity (Wildman–Crippen MR) is 47.4 cm³/mol. The molecule has 1 unspecified atom stereocenters. The van der Waals surface area contributed by atoms with Gasteiger partial charge in [0, 0.05) is 0 Å². The number of nitrogens with zero attached hydrogens (tertiary/aromatic N) is 1. The van der Waals surface area contributed by atoms with Gasteiger partial charge < -0.3 is 5.11 Å². The third-order valence-electron chi connectivity index (χ3n) is 2.85. The van der Waals surface area contributed by atoms with E-state index in [2.05, 4.69) is 13.0 Å². The molecule has 0 aliphatic heterocycles. The van der Waals surface area contributed by atoms with Crippen LogP contribution in [0.5, 0.6) is 0 Å². The lowest BCUT2D eigenvalue weighted by Gasteiger charge is -2.27. The largest absolute Gasteiger partial charge is 0.389 e. The van der Waals surface area contributed by atoms with Crippen molar-refractivity contribution in [2.75, 3.05) is 0 Å².